The predicted molar refractivity (Wildman–Crippen MR) is 71.2 cm³/mol. The van der Waals surface area contributed by atoms with E-state index in [0.29, 0.717) is 0 Å². The average molecular weight is 323 g/mol. The highest BCUT2D eigenvalue weighted by Crippen LogP contribution is 2.25. The number of halogens is 4. The van der Waals surface area contributed by atoms with E-state index in [9.17, 15) is 0 Å². The van der Waals surface area contributed by atoms with Crippen LogP contribution in [-0.4, -0.2) is 15.6 Å². The van der Waals surface area contributed by atoms with E-state index in [1.165, 1.54) is 0 Å². The maximum atomic E-state index is 6.07. The number of hydrogen-bond acceptors (Lipinski definition) is 0. The summed E-state index contributed by atoms with van der Waals surface area (Å²) in [6, 6.07) is 0. The monoisotopic (exact) mass is 320 g/mol. The summed E-state index contributed by atoms with van der Waals surface area (Å²) in [5.41, 5.74) is 0. The van der Waals surface area contributed by atoms with Crippen LogP contribution in [0.5, 0.6) is 0 Å². The normalized spacial score (nSPS) is 15.7. The molecule has 0 aromatic rings. The molecule has 0 rings (SSSR count). The molecule has 0 fully saturated rings. The third-order valence-electron chi connectivity index (χ3n) is 1.80. The summed E-state index contributed by atoms with van der Waals surface area (Å²) in [5, 5.41) is 1.39. The molecule has 0 radical (unpaired) electrons. The Bertz CT molecular complexity index is 184. The van der Waals surface area contributed by atoms with Crippen molar-refractivity contribution in [2.75, 3.05) is 5.33 Å². The van der Waals surface area contributed by atoms with Crippen LogP contribution in [0.2, 0.25) is 0 Å². The van der Waals surface area contributed by atoms with Gasteiger partial charge in [0.25, 0.3) is 0 Å². The van der Waals surface area contributed by atoms with E-state index in [4.69, 9.17) is 34.8 Å². The Kier molecular flexibility index (Phi) is 7.95. The van der Waals surface area contributed by atoms with Crippen LogP contribution in [-0.2, 0) is 0 Å². The first-order valence-corrected chi connectivity index (χ1v) is 6.92. The fraction of sp³-hybridized carbons (Fsp3) is 0.800. The Hall–Kier alpha value is 1.09. The first-order chi connectivity index (χ1) is 6.37. The molecule has 0 saturated heterocycles. The zero-order valence-corrected chi connectivity index (χ0v) is 12.3. The highest BCUT2D eigenvalue weighted by molar-refractivity contribution is 9.09. The van der Waals surface area contributed by atoms with E-state index in [1.807, 2.05) is 19.9 Å². The van der Waals surface area contributed by atoms with Gasteiger partial charge in [0.05, 0.1) is 5.38 Å². The van der Waals surface area contributed by atoms with Crippen molar-refractivity contribution >= 4 is 50.7 Å². The minimum absolute atomic E-state index is 0.0757. The number of rotatable bonds is 6. The lowest BCUT2D eigenvalue weighted by molar-refractivity contribution is 0.573. The Morgan fingerprint density at radius 1 is 1.50 bits per heavy atom. The highest BCUT2D eigenvalue weighted by Gasteiger charge is 2.15. The second kappa shape index (κ2) is 7.38. The minimum Gasteiger partial charge on any atom is -0.120 e. The maximum absolute atomic E-state index is 6.07. The van der Waals surface area contributed by atoms with Crippen molar-refractivity contribution in [3.63, 3.8) is 0 Å². The van der Waals surface area contributed by atoms with Gasteiger partial charge in [0.2, 0.25) is 0 Å². The molecule has 14 heavy (non-hydrogen) atoms. The van der Waals surface area contributed by atoms with Crippen LogP contribution in [0.3, 0.4) is 0 Å². The van der Waals surface area contributed by atoms with Crippen LogP contribution in [0.15, 0.2) is 11.1 Å². The van der Waals surface area contributed by atoms with Crippen LogP contribution < -0.4 is 0 Å². The van der Waals surface area contributed by atoms with Crippen LogP contribution >= 0.6 is 50.7 Å². The second-order valence-corrected chi connectivity index (χ2v) is 6.46. The van der Waals surface area contributed by atoms with Crippen LogP contribution in [0, 0.1) is 0 Å². The lowest BCUT2D eigenvalue weighted by atomic mass is 10.0. The molecule has 0 N–H and O–H groups in total. The van der Waals surface area contributed by atoms with Crippen molar-refractivity contribution in [2.24, 2.45) is 0 Å². The summed E-state index contributed by atoms with van der Waals surface area (Å²) in [6.45, 7) is 4.02. The van der Waals surface area contributed by atoms with Crippen molar-refractivity contribution in [3.05, 3.63) is 11.1 Å². The van der Waals surface area contributed by atoms with Crippen LogP contribution in [0.25, 0.3) is 0 Å². The topological polar surface area (TPSA) is 0 Å². The van der Waals surface area contributed by atoms with Gasteiger partial charge in [-0.15, -0.1) is 23.2 Å². The molecule has 0 aliphatic heterocycles. The molecule has 0 spiro atoms. The Balaban J connectivity index is 3.75. The molecule has 0 heterocycles. The van der Waals surface area contributed by atoms with E-state index < -0.39 is 0 Å². The fourth-order valence-corrected chi connectivity index (χ4v) is 2.14. The molecule has 0 aliphatic rings. The summed E-state index contributed by atoms with van der Waals surface area (Å²) < 4.78 is 0. The Morgan fingerprint density at radius 2 is 2.07 bits per heavy atom. The van der Waals surface area contributed by atoms with Crippen molar-refractivity contribution in [3.8, 4) is 0 Å². The zero-order chi connectivity index (χ0) is 11.2. The van der Waals surface area contributed by atoms with Gasteiger partial charge in [0, 0.05) is 15.2 Å². The summed E-state index contributed by atoms with van der Waals surface area (Å²) in [6.07, 6.45) is 4.71. The summed E-state index contributed by atoms with van der Waals surface area (Å²) in [7, 11) is 0. The molecule has 0 amide bonds. The first-order valence-electron chi connectivity index (χ1n) is 4.61. The molecule has 0 aromatic carbocycles. The second-order valence-electron chi connectivity index (χ2n) is 3.82. The predicted octanol–water partition coefficient (Wildman–Crippen LogP) is 5.30. The number of alkyl halides is 3. The van der Waals surface area contributed by atoms with Crippen molar-refractivity contribution in [1.82, 2.24) is 0 Å². The largest absolute Gasteiger partial charge is 0.120 e. The Morgan fingerprint density at radius 3 is 2.50 bits per heavy atom. The standard InChI is InChI=1S/C10H16BrCl3/c1-10(2,14)6-3-4-8(12)9(13)5-7-11/h5,8H,3-4,6-7H2,1-2H3/t8-/m0/s1. The SMILES string of the molecule is CC(C)(Cl)CCC[C@H](Cl)C(Cl)=CCBr. The van der Waals surface area contributed by atoms with E-state index in [0.717, 1.165) is 29.6 Å². The molecule has 0 aromatic heterocycles. The molecule has 0 unspecified atom stereocenters. The van der Waals surface area contributed by atoms with Gasteiger partial charge >= 0.3 is 0 Å². The molecule has 84 valence electrons. The average Bonchev–Trinajstić information content (AvgIpc) is 2.02. The van der Waals surface area contributed by atoms with Crippen LogP contribution in [0.4, 0.5) is 0 Å². The van der Waals surface area contributed by atoms with Gasteiger partial charge in [0.15, 0.2) is 0 Å². The number of allylic oxidation sites excluding steroid dienone is 2. The van der Waals surface area contributed by atoms with Gasteiger partial charge < -0.3 is 0 Å². The quantitative estimate of drug-likeness (QED) is 0.582. The lowest BCUT2D eigenvalue weighted by Crippen LogP contribution is -2.10. The maximum Gasteiger partial charge on any atom is 0.0689 e. The zero-order valence-electron chi connectivity index (χ0n) is 8.49. The van der Waals surface area contributed by atoms with E-state index in [-0.39, 0.29) is 10.3 Å². The van der Waals surface area contributed by atoms with Crippen molar-refractivity contribution in [2.45, 2.75) is 43.4 Å². The molecule has 4 heteroatoms. The van der Waals surface area contributed by atoms with Gasteiger partial charge in [-0.3, -0.25) is 0 Å². The fourth-order valence-electron chi connectivity index (χ4n) is 1.04. The molecular weight excluding hydrogens is 306 g/mol. The van der Waals surface area contributed by atoms with E-state index >= 15 is 0 Å². The molecule has 0 aliphatic carbocycles. The Labute approximate surface area is 110 Å². The smallest absolute Gasteiger partial charge is 0.0689 e. The molecule has 1 atom stereocenters. The summed E-state index contributed by atoms with van der Waals surface area (Å²) in [4.78, 5) is -0.137. The highest BCUT2D eigenvalue weighted by atomic mass is 79.9. The van der Waals surface area contributed by atoms with Gasteiger partial charge in [0.1, 0.15) is 0 Å². The number of hydrogen-bond donors (Lipinski definition) is 0. The van der Waals surface area contributed by atoms with Gasteiger partial charge in [-0.25, -0.2) is 0 Å². The summed E-state index contributed by atoms with van der Waals surface area (Å²) in [5.74, 6) is 0. The molecule has 0 nitrogen and oxygen atoms in total. The van der Waals surface area contributed by atoms with Crippen molar-refractivity contribution in [1.29, 1.82) is 0 Å². The first kappa shape index (κ1) is 15.1. The van der Waals surface area contributed by atoms with Gasteiger partial charge in [-0.05, 0) is 33.1 Å². The van der Waals surface area contributed by atoms with Gasteiger partial charge in [-0.1, -0.05) is 33.6 Å². The molecule has 0 saturated carbocycles. The molecule has 0 bridgehead atoms. The van der Waals surface area contributed by atoms with Crippen molar-refractivity contribution < 1.29 is 0 Å². The van der Waals surface area contributed by atoms with E-state index in [2.05, 4.69) is 15.9 Å². The lowest BCUT2D eigenvalue weighted by Gasteiger charge is -2.16. The van der Waals surface area contributed by atoms with E-state index in [1.54, 1.807) is 0 Å². The van der Waals surface area contributed by atoms with Gasteiger partial charge in [-0.2, -0.15) is 0 Å². The minimum atomic E-state index is -0.137. The molecular formula is C10H16BrCl3. The summed E-state index contributed by atoms with van der Waals surface area (Å²) >= 11 is 21.4. The van der Waals surface area contributed by atoms with Crippen LogP contribution in [0.1, 0.15) is 33.1 Å². The third-order valence-corrected chi connectivity index (χ3v) is 3.30. The third kappa shape index (κ3) is 8.40.